The first kappa shape index (κ1) is 21.9. The van der Waals surface area contributed by atoms with Crippen LogP contribution in [0.2, 0.25) is 10.0 Å². The normalized spacial score (nSPS) is 16.0. The van der Waals surface area contributed by atoms with Crippen molar-refractivity contribution in [3.05, 3.63) is 54.6 Å². The van der Waals surface area contributed by atoms with Gasteiger partial charge in [-0.05, 0) is 30.5 Å². The molecule has 1 aliphatic rings. The van der Waals surface area contributed by atoms with Crippen LogP contribution in [-0.2, 0) is 20.6 Å². The molecule has 1 fully saturated rings. The molecule has 2 aromatic heterocycles. The zero-order chi connectivity index (χ0) is 22.3. The summed E-state index contributed by atoms with van der Waals surface area (Å²) in [4.78, 5) is 30.6. The van der Waals surface area contributed by atoms with Crippen LogP contribution in [0.15, 0.2) is 27.8 Å². The third kappa shape index (κ3) is 4.12. The van der Waals surface area contributed by atoms with Crippen LogP contribution in [0.1, 0.15) is 37.7 Å². The minimum absolute atomic E-state index is 0.0615. The second-order valence-electron chi connectivity index (χ2n) is 8.29. The highest BCUT2D eigenvalue weighted by atomic mass is 35.5. The number of aryl methyl sites for hydroxylation is 2. The number of nitrogens with zero attached hydrogens (tertiary/aromatic N) is 4. The number of aromatic nitrogens is 4. The standard InChI is InChI=1S/C21H25Cl2N5O3/c1-26-16-17(25-19(26)24-12-21(31)8-4-3-5-9-21)27(2)20(30)28(18(16)29)11-13-6-7-14(22)15(23)10-13/h6-7,10,31H,3-5,8-9,11-12H2,1-2H3,(H,24,25). The van der Waals surface area contributed by atoms with Crippen LogP contribution >= 0.6 is 23.2 Å². The molecule has 2 heterocycles. The first-order valence-electron chi connectivity index (χ1n) is 10.3. The third-order valence-corrected chi connectivity index (χ3v) is 6.78. The summed E-state index contributed by atoms with van der Waals surface area (Å²) in [5.74, 6) is 0.438. The lowest BCUT2D eigenvalue weighted by Gasteiger charge is -2.32. The van der Waals surface area contributed by atoms with Crippen molar-refractivity contribution in [1.82, 2.24) is 18.7 Å². The number of benzene rings is 1. The maximum atomic E-state index is 13.2. The molecule has 0 spiro atoms. The highest BCUT2D eigenvalue weighted by Gasteiger charge is 2.29. The van der Waals surface area contributed by atoms with E-state index in [0.717, 1.165) is 36.7 Å². The Bertz CT molecular complexity index is 1250. The van der Waals surface area contributed by atoms with Crippen LogP contribution < -0.4 is 16.6 Å². The summed E-state index contributed by atoms with van der Waals surface area (Å²) < 4.78 is 4.14. The molecule has 31 heavy (non-hydrogen) atoms. The lowest BCUT2D eigenvalue weighted by atomic mass is 9.85. The van der Waals surface area contributed by atoms with E-state index >= 15 is 0 Å². The van der Waals surface area contributed by atoms with Gasteiger partial charge in [-0.2, -0.15) is 4.98 Å². The third-order valence-electron chi connectivity index (χ3n) is 6.04. The van der Waals surface area contributed by atoms with E-state index in [-0.39, 0.29) is 6.54 Å². The smallest absolute Gasteiger partial charge is 0.332 e. The molecule has 1 saturated carbocycles. The Morgan fingerprint density at radius 2 is 1.81 bits per heavy atom. The average molecular weight is 466 g/mol. The van der Waals surface area contributed by atoms with Gasteiger partial charge >= 0.3 is 5.69 Å². The monoisotopic (exact) mass is 465 g/mol. The van der Waals surface area contributed by atoms with Gasteiger partial charge < -0.3 is 15.0 Å². The second kappa shape index (κ2) is 8.33. The molecule has 3 aromatic rings. The van der Waals surface area contributed by atoms with Crippen LogP contribution in [0.5, 0.6) is 0 Å². The molecular weight excluding hydrogens is 441 g/mol. The van der Waals surface area contributed by atoms with E-state index < -0.39 is 16.9 Å². The maximum absolute atomic E-state index is 13.2. The predicted molar refractivity (Wildman–Crippen MR) is 122 cm³/mol. The first-order chi connectivity index (χ1) is 14.7. The fourth-order valence-electron chi connectivity index (χ4n) is 4.19. The number of nitrogens with one attached hydrogen (secondary N) is 1. The van der Waals surface area contributed by atoms with Crippen molar-refractivity contribution >= 4 is 40.3 Å². The first-order valence-corrected chi connectivity index (χ1v) is 11.0. The van der Waals surface area contributed by atoms with Gasteiger partial charge in [0.15, 0.2) is 11.2 Å². The molecule has 0 atom stereocenters. The number of anilines is 1. The molecule has 4 rings (SSSR count). The summed E-state index contributed by atoms with van der Waals surface area (Å²) in [5.41, 5.74) is -0.409. The van der Waals surface area contributed by atoms with Crippen molar-refractivity contribution in [2.24, 2.45) is 14.1 Å². The lowest BCUT2D eigenvalue weighted by molar-refractivity contribution is 0.0165. The van der Waals surface area contributed by atoms with Crippen molar-refractivity contribution in [2.75, 3.05) is 11.9 Å². The van der Waals surface area contributed by atoms with E-state index in [0.29, 0.717) is 39.3 Å². The number of hydrogen-bond acceptors (Lipinski definition) is 5. The molecule has 0 bridgehead atoms. The van der Waals surface area contributed by atoms with Crippen LogP contribution in [0, 0.1) is 0 Å². The topological polar surface area (TPSA) is 94.1 Å². The molecule has 0 aliphatic heterocycles. The van der Waals surface area contributed by atoms with E-state index in [1.54, 1.807) is 36.9 Å². The Balaban J connectivity index is 1.71. The Morgan fingerprint density at radius 1 is 1.10 bits per heavy atom. The molecule has 0 unspecified atom stereocenters. The molecule has 10 heteroatoms. The van der Waals surface area contributed by atoms with E-state index in [4.69, 9.17) is 23.2 Å². The number of hydrogen-bond donors (Lipinski definition) is 2. The summed E-state index contributed by atoms with van der Waals surface area (Å²) in [7, 11) is 3.30. The van der Waals surface area contributed by atoms with Gasteiger partial charge in [-0.15, -0.1) is 0 Å². The Hall–Kier alpha value is -2.29. The van der Waals surface area contributed by atoms with Crippen LogP contribution in [-0.4, -0.2) is 35.9 Å². The lowest BCUT2D eigenvalue weighted by Crippen LogP contribution is -2.40. The van der Waals surface area contributed by atoms with Crippen molar-refractivity contribution in [1.29, 1.82) is 0 Å². The molecule has 166 valence electrons. The minimum Gasteiger partial charge on any atom is -0.388 e. The molecule has 2 N–H and O–H groups in total. The fourth-order valence-corrected chi connectivity index (χ4v) is 4.51. The maximum Gasteiger partial charge on any atom is 0.332 e. The molecule has 8 nitrogen and oxygen atoms in total. The van der Waals surface area contributed by atoms with Crippen LogP contribution in [0.4, 0.5) is 5.95 Å². The number of aliphatic hydroxyl groups is 1. The minimum atomic E-state index is -0.781. The summed E-state index contributed by atoms with van der Waals surface area (Å²) in [5, 5.41) is 14.7. The molecular formula is C21H25Cl2N5O3. The zero-order valence-corrected chi connectivity index (χ0v) is 19.0. The molecule has 0 radical (unpaired) electrons. The fraction of sp³-hybridized carbons (Fsp3) is 0.476. The van der Waals surface area contributed by atoms with Gasteiger partial charge in [-0.25, -0.2) is 4.79 Å². The molecule has 0 amide bonds. The van der Waals surface area contributed by atoms with Gasteiger partial charge in [0.1, 0.15) is 0 Å². The van der Waals surface area contributed by atoms with Gasteiger partial charge in [-0.1, -0.05) is 48.5 Å². The number of imidazole rings is 1. The second-order valence-corrected chi connectivity index (χ2v) is 9.10. The van der Waals surface area contributed by atoms with E-state index in [1.807, 2.05) is 0 Å². The van der Waals surface area contributed by atoms with Crippen molar-refractivity contribution < 1.29 is 5.11 Å². The molecule has 1 aliphatic carbocycles. The van der Waals surface area contributed by atoms with Gasteiger partial charge in [0.2, 0.25) is 5.95 Å². The van der Waals surface area contributed by atoms with Gasteiger partial charge in [0.05, 0.1) is 22.2 Å². The Labute approximate surface area is 189 Å². The summed E-state index contributed by atoms with van der Waals surface area (Å²) in [6.07, 6.45) is 4.59. The van der Waals surface area contributed by atoms with E-state index in [9.17, 15) is 14.7 Å². The highest BCUT2D eigenvalue weighted by Crippen LogP contribution is 2.28. The summed E-state index contributed by atoms with van der Waals surface area (Å²) in [6.45, 7) is 0.404. The van der Waals surface area contributed by atoms with E-state index in [2.05, 4.69) is 10.3 Å². The highest BCUT2D eigenvalue weighted by molar-refractivity contribution is 6.42. The molecule has 1 aromatic carbocycles. The number of rotatable bonds is 5. The Morgan fingerprint density at radius 3 is 2.48 bits per heavy atom. The largest absolute Gasteiger partial charge is 0.388 e. The Kier molecular flexibility index (Phi) is 5.89. The summed E-state index contributed by atoms with van der Waals surface area (Å²) in [6, 6.07) is 5.00. The van der Waals surface area contributed by atoms with Gasteiger partial charge in [0, 0.05) is 20.6 Å². The van der Waals surface area contributed by atoms with Gasteiger partial charge in [0.25, 0.3) is 5.56 Å². The van der Waals surface area contributed by atoms with Gasteiger partial charge in [-0.3, -0.25) is 13.9 Å². The van der Waals surface area contributed by atoms with Crippen molar-refractivity contribution in [3.63, 3.8) is 0 Å². The van der Waals surface area contributed by atoms with Crippen LogP contribution in [0.25, 0.3) is 11.2 Å². The van der Waals surface area contributed by atoms with Crippen molar-refractivity contribution in [2.45, 2.75) is 44.2 Å². The van der Waals surface area contributed by atoms with E-state index in [1.165, 1.54) is 4.57 Å². The quantitative estimate of drug-likeness (QED) is 0.603. The average Bonchev–Trinajstić information content (AvgIpc) is 3.08. The predicted octanol–water partition coefficient (Wildman–Crippen LogP) is 2.90. The SMILES string of the molecule is Cn1c(NCC2(O)CCCCC2)nc2c1c(=O)n(Cc1ccc(Cl)c(Cl)c1)c(=O)n2C. The van der Waals surface area contributed by atoms with Crippen LogP contribution in [0.3, 0.4) is 0 Å². The summed E-state index contributed by atoms with van der Waals surface area (Å²) >= 11 is 12.0. The van der Waals surface area contributed by atoms with Crippen molar-refractivity contribution in [3.8, 4) is 0 Å². The number of halogens is 2. The molecule has 0 saturated heterocycles. The zero-order valence-electron chi connectivity index (χ0n) is 17.5. The number of fused-ring (bicyclic) bond motifs is 1.